The lowest BCUT2D eigenvalue weighted by atomic mass is 10.3. The monoisotopic (exact) mass is 320 g/mol. The van der Waals surface area contributed by atoms with Crippen LogP contribution in [0.15, 0.2) is 6.07 Å². The molecule has 0 spiro atoms. The summed E-state index contributed by atoms with van der Waals surface area (Å²) in [6, 6.07) is 0.347. The Kier molecular flexibility index (Phi) is 5.45. The van der Waals surface area contributed by atoms with Crippen LogP contribution in [0, 0.1) is 23.3 Å². The third-order valence-corrected chi connectivity index (χ3v) is 2.12. The van der Waals surface area contributed by atoms with E-state index in [1.54, 1.807) is 0 Å². The van der Waals surface area contributed by atoms with E-state index in [2.05, 4.69) is 0 Å². The molecule has 0 aliphatic carbocycles. The Hall–Kier alpha value is 0.366. The molecule has 0 fully saturated rings. The van der Waals surface area contributed by atoms with Crippen molar-refractivity contribution < 1.29 is 20.5 Å². The molecule has 0 amide bonds. The van der Waals surface area contributed by atoms with E-state index >= 15 is 0 Å². The van der Waals surface area contributed by atoms with E-state index in [1.807, 2.05) is 0 Å². The Labute approximate surface area is 98.0 Å². The van der Waals surface area contributed by atoms with Gasteiger partial charge in [-0.15, -0.1) is 24.0 Å². The minimum absolute atomic E-state index is 0. The molecule has 0 saturated heterocycles. The van der Waals surface area contributed by atoms with E-state index in [9.17, 15) is 20.5 Å². The van der Waals surface area contributed by atoms with Crippen molar-refractivity contribution in [3.63, 3.8) is 0 Å². The second-order valence-corrected chi connectivity index (χ2v) is 3.12. The van der Waals surface area contributed by atoms with Crippen molar-refractivity contribution in [3.8, 4) is 0 Å². The molecule has 0 unspecified atom stereocenters. The van der Waals surface area contributed by atoms with Crippen LogP contribution in [-0.2, 0) is 0 Å². The first-order valence-corrected chi connectivity index (χ1v) is 4.20. The van der Waals surface area contributed by atoms with Gasteiger partial charge in [0.1, 0.15) is 5.82 Å². The number of hydrogen-bond donors (Lipinski definition) is 0. The molecule has 0 heterocycles. The van der Waals surface area contributed by atoms with Gasteiger partial charge in [0.2, 0.25) is 0 Å². The molecule has 0 radical (unpaired) electrons. The van der Waals surface area contributed by atoms with Gasteiger partial charge >= 0.3 is 20.9 Å². The number of halogens is 6. The van der Waals surface area contributed by atoms with Crippen LogP contribution in [-0.4, -0.2) is 20.9 Å². The van der Waals surface area contributed by atoms with Crippen LogP contribution in [0.3, 0.4) is 0 Å². The molecule has 1 aromatic rings. The predicted molar refractivity (Wildman–Crippen MR) is 48.2 cm³/mol. The SMILES string of the molecule is I.[F][Mg][c]1cc(F)c(F)c(F)c1F. The lowest BCUT2D eigenvalue weighted by Gasteiger charge is -2.00. The summed E-state index contributed by atoms with van der Waals surface area (Å²) in [5.74, 6) is -7.04. The molecule has 1 rings (SSSR count). The zero-order chi connectivity index (χ0) is 9.30. The van der Waals surface area contributed by atoms with Gasteiger partial charge in [-0.3, -0.25) is 0 Å². The van der Waals surface area contributed by atoms with Crippen LogP contribution in [0.4, 0.5) is 20.5 Å². The number of benzene rings is 1. The second kappa shape index (κ2) is 5.30. The molecule has 1 aromatic carbocycles. The fourth-order valence-electron chi connectivity index (χ4n) is 0.719. The van der Waals surface area contributed by atoms with Crippen LogP contribution in [0.25, 0.3) is 0 Å². The number of rotatable bonds is 1. The molecular weight excluding hydrogens is 318 g/mol. The normalized spacial score (nSPS) is 9.00. The predicted octanol–water partition coefficient (Wildman–Crippen LogP) is 2.08. The zero-order valence-corrected chi connectivity index (χ0v) is 9.83. The molecule has 70 valence electrons. The molecule has 13 heavy (non-hydrogen) atoms. The van der Waals surface area contributed by atoms with Gasteiger partial charge in [-0.2, -0.15) is 0 Å². The fraction of sp³-hybridized carbons (Fsp3) is 0. The molecule has 0 atom stereocenters. The highest BCUT2D eigenvalue weighted by molar-refractivity contribution is 14.0. The summed E-state index contributed by atoms with van der Waals surface area (Å²) in [6.07, 6.45) is 0. The van der Waals surface area contributed by atoms with Gasteiger partial charge in [-0.25, -0.2) is 17.6 Å². The van der Waals surface area contributed by atoms with Crippen molar-refractivity contribution in [3.05, 3.63) is 29.3 Å². The summed E-state index contributed by atoms with van der Waals surface area (Å²) in [6.45, 7) is 0. The fourth-order valence-corrected chi connectivity index (χ4v) is 1.25. The minimum Gasteiger partial charge on any atom is -0.475 e. The van der Waals surface area contributed by atoms with Crippen LogP contribution in [0.2, 0.25) is 0 Å². The maximum atomic E-state index is 12.5. The topological polar surface area (TPSA) is 0 Å². The first kappa shape index (κ1) is 13.4. The van der Waals surface area contributed by atoms with Gasteiger partial charge < -0.3 is 2.96 Å². The Bertz CT molecular complexity index is 316. The molecule has 0 nitrogen and oxygen atoms in total. The Morgan fingerprint density at radius 2 is 1.46 bits per heavy atom. The smallest absolute Gasteiger partial charge is 0.475 e. The molecule has 0 aromatic heterocycles. The molecule has 0 bridgehead atoms. The van der Waals surface area contributed by atoms with E-state index in [0.29, 0.717) is 6.07 Å². The zero-order valence-electron chi connectivity index (χ0n) is 6.08. The van der Waals surface area contributed by atoms with Crippen LogP contribution in [0.5, 0.6) is 0 Å². The van der Waals surface area contributed by atoms with Gasteiger partial charge in [0.15, 0.2) is 17.5 Å². The highest BCUT2D eigenvalue weighted by Gasteiger charge is 2.19. The van der Waals surface area contributed by atoms with Crippen molar-refractivity contribution in [2.75, 3.05) is 0 Å². The van der Waals surface area contributed by atoms with E-state index in [1.165, 1.54) is 0 Å². The van der Waals surface area contributed by atoms with E-state index in [-0.39, 0.29) is 24.0 Å². The molecular formula is C6H2F5IMg. The minimum atomic E-state index is -2.52. The van der Waals surface area contributed by atoms with E-state index < -0.39 is 47.9 Å². The summed E-state index contributed by atoms with van der Waals surface area (Å²) >= 11 is -2.52. The average Bonchev–Trinajstić information content (AvgIpc) is 2.08. The largest absolute Gasteiger partial charge is 0.655 e. The van der Waals surface area contributed by atoms with Crippen molar-refractivity contribution in [2.45, 2.75) is 0 Å². The number of hydrogen-bond acceptors (Lipinski definition) is 0. The van der Waals surface area contributed by atoms with E-state index in [4.69, 9.17) is 0 Å². The molecule has 0 saturated carbocycles. The van der Waals surface area contributed by atoms with Gasteiger partial charge in [0.25, 0.3) is 0 Å². The van der Waals surface area contributed by atoms with Crippen molar-refractivity contribution >= 4 is 48.6 Å². The maximum Gasteiger partial charge on any atom is 0.655 e. The van der Waals surface area contributed by atoms with Crippen molar-refractivity contribution in [1.82, 2.24) is 0 Å². The maximum absolute atomic E-state index is 12.5. The lowest BCUT2D eigenvalue weighted by Crippen LogP contribution is -2.19. The van der Waals surface area contributed by atoms with Crippen LogP contribution in [0.1, 0.15) is 0 Å². The Balaban J connectivity index is 0.00000144. The summed E-state index contributed by atoms with van der Waals surface area (Å²) < 4.78 is 60.5. The standard InChI is InChI=1S/C6HF4.FH.HI.Mg/c7-3-1-2-4(8)6(10)5(3)9;;;/h1H;2*1H;/q;;;+1/p-1. The summed E-state index contributed by atoms with van der Waals surface area (Å²) in [5, 5.41) is 0. The lowest BCUT2D eigenvalue weighted by molar-refractivity contribution is 0.412. The van der Waals surface area contributed by atoms with Gasteiger partial charge in [-0.05, 0) is 6.07 Å². The third kappa shape index (κ3) is 2.66. The van der Waals surface area contributed by atoms with Crippen LogP contribution < -0.4 is 3.69 Å². The summed E-state index contributed by atoms with van der Waals surface area (Å²) in [4.78, 5) is 0. The van der Waals surface area contributed by atoms with Crippen molar-refractivity contribution in [1.29, 1.82) is 0 Å². The highest BCUT2D eigenvalue weighted by atomic mass is 127. The molecule has 0 aliphatic heterocycles. The highest BCUT2D eigenvalue weighted by Crippen LogP contribution is 2.11. The average molecular weight is 320 g/mol. The Morgan fingerprint density at radius 1 is 0.923 bits per heavy atom. The second-order valence-electron chi connectivity index (χ2n) is 2.09. The third-order valence-electron chi connectivity index (χ3n) is 1.32. The molecule has 0 aliphatic rings. The van der Waals surface area contributed by atoms with Crippen molar-refractivity contribution in [2.24, 2.45) is 0 Å². The summed E-state index contributed by atoms with van der Waals surface area (Å²) in [7, 11) is 0. The first-order valence-electron chi connectivity index (χ1n) is 2.95. The van der Waals surface area contributed by atoms with E-state index in [0.717, 1.165) is 0 Å². The van der Waals surface area contributed by atoms with Gasteiger partial charge in [-0.1, -0.05) is 3.69 Å². The summed E-state index contributed by atoms with van der Waals surface area (Å²) in [5.41, 5.74) is 0. The Morgan fingerprint density at radius 3 is 1.92 bits per heavy atom. The van der Waals surface area contributed by atoms with Gasteiger partial charge in [0.05, 0.1) is 0 Å². The van der Waals surface area contributed by atoms with Gasteiger partial charge in [0, 0.05) is 0 Å². The quantitative estimate of drug-likeness (QED) is 0.244. The molecule has 7 heteroatoms. The molecule has 0 N–H and O–H groups in total. The first-order chi connectivity index (χ1) is 5.57. The van der Waals surface area contributed by atoms with Crippen LogP contribution >= 0.6 is 24.0 Å².